The SMILES string of the molecule is CCCCc1ccc(Nc2nc(Nc3ccc(C4CCCC4)cc3)ncc2C(F)(F)F)cc1. The molecule has 0 saturated heterocycles. The highest BCUT2D eigenvalue weighted by Gasteiger charge is 2.35. The number of alkyl halides is 3. The quantitative estimate of drug-likeness (QED) is 0.362. The molecule has 4 rings (SSSR count). The molecule has 0 unspecified atom stereocenters. The molecule has 174 valence electrons. The van der Waals surface area contributed by atoms with Gasteiger partial charge in [-0.2, -0.15) is 18.2 Å². The predicted octanol–water partition coefficient (Wildman–Crippen LogP) is 7.98. The number of rotatable bonds is 8. The van der Waals surface area contributed by atoms with Gasteiger partial charge in [0.25, 0.3) is 0 Å². The molecule has 0 aliphatic heterocycles. The highest BCUT2D eigenvalue weighted by molar-refractivity contribution is 5.63. The number of aryl methyl sites for hydroxylation is 1. The number of hydrogen-bond donors (Lipinski definition) is 2. The van der Waals surface area contributed by atoms with Crippen LogP contribution in [0, 0.1) is 0 Å². The number of hydrogen-bond acceptors (Lipinski definition) is 4. The summed E-state index contributed by atoms with van der Waals surface area (Å²) in [5.74, 6) is 0.438. The van der Waals surface area contributed by atoms with Crippen molar-refractivity contribution in [3.05, 3.63) is 71.4 Å². The number of benzene rings is 2. The topological polar surface area (TPSA) is 49.8 Å². The molecule has 0 radical (unpaired) electrons. The summed E-state index contributed by atoms with van der Waals surface area (Å²) < 4.78 is 40.7. The molecule has 1 aliphatic carbocycles. The van der Waals surface area contributed by atoms with Crippen LogP contribution in [0.4, 0.5) is 36.3 Å². The summed E-state index contributed by atoms with van der Waals surface area (Å²) in [5.41, 5.74) is 2.84. The number of nitrogens with one attached hydrogen (secondary N) is 2. The number of halogens is 3. The van der Waals surface area contributed by atoms with Gasteiger partial charge in [0.05, 0.1) is 0 Å². The molecule has 0 amide bonds. The summed E-state index contributed by atoms with van der Waals surface area (Å²) in [6.45, 7) is 2.12. The summed E-state index contributed by atoms with van der Waals surface area (Å²) in [5, 5.41) is 5.85. The Morgan fingerprint density at radius 3 is 2.18 bits per heavy atom. The van der Waals surface area contributed by atoms with Gasteiger partial charge in [-0.1, -0.05) is 50.5 Å². The maximum atomic E-state index is 13.6. The maximum Gasteiger partial charge on any atom is 0.421 e. The maximum absolute atomic E-state index is 13.6. The van der Waals surface area contributed by atoms with Crippen molar-refractivity contribution in [2.75, 3.05) is 10.6 Å². The number of unbranched alkanes of at least 4 members (excludes halogenated alkanes) is 1. The van der Waals surface area contributed by atoms with Crippen molar-refractivity contribution in [1.82, 2.24) is 9.97 Å². The highest BCUT2D eigenvalue weighted by Crippen LogP contribution is 2.36. The first-order valence-electron chi connectivity index (χ1n) is 11.6. The second-order valence-corrected chi connectivity index (χ2v) is 8.61. The Balaban J connectivity index is 1.52. The molecule has 1 aliphatic rings. The summed E-state index contributed by atoms with van der Waals surface area (Å²) in [4.78, 5) is 8.06. The Morgan fingerprint density at radius 2 is 1.55 bits per heavy atom. The van der Waals surface area contributed by atoms with E-state index in [2.05, 4.69) is 39.7 Å². The zero-order chi connectivity index (χ0) is 23.3. The lowest BCUT2D eigenvalue weighted by Gasteiger charge is -2.15. The molecule has 1 saturated carbocycles. The number of nitrogens with zero attached hydrogens (tertiary/aromatic N) is 2. The van der Waals surface area contributed by atoms with E-state index in [0.29, 0.717) is 11.6 Å². The predicted molar refractivity (Wildman–Crippen MR) is 126 cm³/mol. The zero-order valence-corrected chi connectivity index (χ0v) is 18.8. The van der Waals surface area contributed by atoms with Crippen molar-refractivity contribution in [1.29, 1.82) is 0 Å². The fourth-order valence-corrected chi connectivity index (χ4v) is 4.24. The van der Waals surface area contributed by atoms with E-state index < -0.39 is 11.7 Å². The van der Waals surface area contributed by atoms with Crippen LogP contribution in [0.15, 0.2) is 54.7 Å². The van der Waals surface area contributed by atoms with Crippen LogP contribution in [-0.4, -0.2) is 9.97 Å². The van der Waals surface area contributed by atoms with Gasteiger partial charge in [-0.25, -0.2) is 4.98 Å². The van der Waals surface area contributed by atoms with Gasteiger partial charge >= 0.3 is 6.18 Å². The minimum absolute atomic E-state index is 0.110. The van der Waals surface area contributed by atoms with Gasteiger partial charge in [-0.15, -0.1) is 0 Å². The average molecular weight is 455 g/mol. The molecule has 1 heterocycles. The van der Waals surface area contributed by atoms with E-state index in [1.54, 1.807) is 12.1 Å². The van der Waals surface area contributed by atoms with E-state index in [1.165, 1.54) is 31.2 Å². The van der Waals surface area contributed by atoms with Crippen molar-refractivity contribution in [3.63, 3.8) is 0 Å². The fraction of sp³-hybridized carbons (Fsp3) is 0.385. The lowest BCUT2D eigenvalue weighted by Crippen LogP contribution is -2.12. The monoisotopic (exact) mass is 454 g/mol. The van der Waals surface area contributed by atoms with E-state index in [9.17, 15) is 13.2 Å². The van der Waals surface area contributed by atoms with Crippen molar-refractivity contribution >= 4 is 23.1 Å². The standard InChI is InChI=1S/C26H29F3N4/c1-2-3-6-18-9-13-21(14-10-18)31-24-23(26(27,28)29)17-30-25(33-24)32-22-15-11-20(12-16-22)19-7-4-5-8-19/h9-17,19H,2-8H2,1H3,(H2,30,31,32,33). The molecular weight excluding hydrogens is 425 g/mol. The molecule has 1 fully saturated rings. The third kappa shape index (κ3) is 6.03. The average Bonchev–Trinajstić information content (AvgIpc) is 3.34. The van der Waals surface area contributed by atoms with Crippen LogP contribution in [0.25, 0.3) is 0 Å². The third-order valence-corrected chi connectivity index (χ3v) is 6.12. The second-order valence-electron chi connectivity index (χ2n) is 8.61. The van der Waals surface area contributed by atoms with E-state index >= 15 is 0 Å². The molecule has 3 aromatic rings. The van der Waals surface area contributed by atoms with Gasteiger partial charge in [0.1, 0.15) is 11.4 Å². The Labute approximate surface area is 192 Å². The smallest absolute Gasteiger partial charge is 0.340 e. The van der Waals surface area contributed by atoms with Crippen LogP contribution in [0.5, 0.6) is 0 Å². The molecule has 0 atom stereocenters. The molecule has 0 bridgehead atoms. The van der Waals surface area contributed by atoms with E-state index in [4.69, 9.17) is 0 Å². The number of anilines is 4. The molecular formula is C26H29F3N4. The van der Waals surface area contributed by atoms with Crippen LogP contribution >= 0.6 is 0 Å². The number of aromatic nitrogens is 2. The Kier molecular flexibility index (Phi) is 7.16. The van der Waals surface area contributed by atoms with E-state index in [0.717, 1.165) is 36.7 Å². The molecule has 1 aromatic heterocycles. The van der Waals surface area contributed by atoms with Crippen LogP contribution in [0.2, 0.25) is 0 Å². The van der Waals surface area contributed by atoms with Crippen molar-refractivity contribution < 1.29 is 13.2 Å². The minimum atomic E-state index is -4.56. The lowest BCUT2D eigenvalue weighted by atomic mass is 9.98. The Bertz CT molecular complexity index is 1040. The minimum Gasteiger partial charge on any atom is -0.340 e. The van der Waals surface area contributed by atoms with Gasteiger partial charge in [0, 0.05) is 17.6 Å². The van der Waals surface area contributed by atoms with Gasteiger partial charge < -0.3 is 10.6 Å². The summed E-state index contributed by atoms with van der Waals surface area (Å²) in [6, 6.07) is 15.4. The second kappa shape index (κ2) is 10.2. The zero-order valence-electron chi connectivity index (χ0n) is 18.8. The largest absolute Gasteiger partial charge is 0.421 e. The van der Waals surface area contributed by atoms with Gasteiger partial charge in [-0.3, -0.25) is 0 Å². The van der Waals surface area contributed by atoms with Gasteiger partial charge in [0.2, 0.25) is 5.95 Å². The molecule has 33 heavy (non-hydrogen) atoms. The van der Waals surface area contributed by atoms with Gasteiger partial charge in [0.15, 0.2) is 0 Å². The lowest BCUT2D eigenvalue weighted by molar-refractivity contribution is -0.137. The summed E-state index contributed by atoms with van der Waals surface area (Å²) in [6.07, 6.45) is 4.33. The highest BCUT2D eigenvalue weighted by atomic mass is 19.4. The third-order valence-electron chi connectivity index (χ3n) is 6.12. The van der Waals surface area contributed by atoms with Crippen LogP contribution in [0.3, 0.4) is 0 Å². The van der Waals surface area contributed by atoms with E-state index in [-0.39, 0.29) is 11.8 Å². The van der Waals surface area contributed by atoms with Gasteiger partial charge in [-0.05, 0) is 67.0 Å². The fourth-order valence-electron chi connectivity index (χ4n) is 4.24. The van der Waals surface area contributed by atoms with Crippen LogP contribution < -0.4 is 10.6 Å². The Hall–Kier alpha value is -3.09. The normalized spacial score (nSPS) is 14.4. The first kappa shape index (κ1) is 23.1. The van der Waals surface area contributed by atoms with Crippen molar-refractivity contribution in [2.24, 2.45) is 0 Å². The Morgan fingerprint density at radius 1 is 0.909 bits per heavy atom. The first-order valence-corrected chi connectivity index (χ1v) is 11.6. The molecule has 7 heteroatoms. The summed E-state index contributed by atoms with van der Waals surface area (Å²) in [7, 11) is 0. The molecule has 0 spiro atoms. The molecule has 4 nitrogen and oxygen atoms in total. The van der Waals surface area contributed by atoms with Crippen LogP contribution in [0.1, 0.15) is 68.1 Å². The van der Waals surface area contributed by atoms with Crippen molar-refractivity contribution in [2.45, 2.75) is 64.0 Å². The summed E-state index contributed by atoms with van der Waals surface area (Å²) >= 11 is 0. The molecule has 2 aromatic carbocycles. The molecule has 2 N–H and O–H groups in total. The van der Waals surface area contributed by atoms with Crippen molar-refractivity contribution in [3.8, 4) is 0 Å². The first-order chi connectivity index (χ1) is 15.9. The van der Waals surface area contributed by atoms with E-state index in [1.807, 2.05) is 24.3 Å². The van der Waals surface area contributed by atoms with Crippen LogP contribution in [-0.2, 0) is 12.6 Å².